The fraction of sp³-hybridized carbons (Fsp3) is 0.357. The molecular formula is C14H19N3O2S2. The third kappa shape index (κ3) is 4.03. The molecule has 114 valence electrons. The van der Waals surface area contributed by atoms with E-state index in [-0.39, 0.29) is 4.90 Å². The molecule has 7 heteroatoms. The molecule has 0 amide bonds. The van der Waals surface area contributed by atoms with E-state index in [4.69, 9.17) is 0 Å². The van der Waals surface area contributed by atoms with Crippen molar-refractivity contribution in [1.29, 1.82) is 0 Å². The van der Waals surface area contributed by atoms with E-state index in [1.165, 1.54) is 11.8 Å². The van der Waals surface area contributed by atoms with Gasteiger partial charge in [-0.15, -0.1) is 11.3 Å². The summed E-state index contributed by atoms with van der Waals surface area (Å²) in [6, 6.07) is 5.25. The zero-order valence-corrected chi connectivity index (χ0v) is 13.7. The van der Waals surface area contributed by atoms with Gasteiger partial charge in [-0.2, -0.15) is 0 Å². The summed E-state index contributed by atoms with van der Waals surface area (Å²) in [5, 5.41) is 5.01. The van der Waals surface area contributed by atoms with E-state index >= 15 is 0 Å². The number of aryl methyl sites for hydroxylation is 1. The number of thiophene rings is 1. The Balaban J connectivity index is 2.07. The van der Waals surface area contributed by atoms with Crippen LogP contribution in [0.25, 0.3) is 0 Å². The van der Waals surface area contributed by atoms with Gasteiger partial charge in [0.2, 0.25) is 10.0 Å². The van der Waals surface area contributed by atoms with Crippen LogP contribution in [0.3, 0.4) is 0 Å². The zero-order valence-electron chi connectivity index (χ0n) is 12.1. The third-order valence-electron chi connectivity index (χ3n) is 3.05. The fourth-order valence-electron chi connectivity index (χ4n) is 1.91. The molecule has 0 aliphatic heterocycles. The molecule has 0 aliphatic carbocycles. The summed E-state index contributed by atoms with van der Waals surface area (Å²) < 4.78 is 27.1. The van der Waals surface area contributed by atoms with Crippen molar-refractivity contribution in [1.82, 2.24) is 9.71 Å². The molecule has 0 atom stereocenters. The van der Waals surface area contributed by atoms with Crippen LogP contribution < -0.4 is 10.0 Å². The molecule has 0 bridgehead atoms. The SMILES string of the molecule is CCNc1ccc(S(=O)(=O)NCc2sccc2CC)cn1. The Kier molecular flexibility index (Phi) is 5.33. The second-order valence-corrected chi connectivity index (χ2v) is 7.22. The van der Waals surface area contributed by atoms with Crippen LogP contribution in [0.1, 0.15) is 24.3 Å². The van der Waals surface area contributed by atoms with Crippen molar-refractivity contribution in [3.63, 3.8) is 0 Å². The molecule has 0 saturated heterocycles. The standard InChI is InChI=1S/C14H19N3O2S2/c1-3-11-7-8-20-13(11)10-17-21(18,19)12-5-6-14(15-4-2)16-9-12/h5-9,17H,3-4,10H2,1-2H3,(H,15,16). The summed E-state index contributed by atoms with van der Waals surface area (Å²) in [7, 11) is -3.53. The summed E-state index contributed by atoms with van der Waals surface area (Å²) >= 11 is 1.57. The van der Waals surface area contributed by atoms with Gasteiger partial charge in [0.15, 0.2) is 0 Å². The quantitative estimate of drug-likeness (QED) is 0.821. The van der Waals surface area contributed by atoms with Crippen molar-refractivity contribution < 1.29 is 8.42 Å². The smallest absolute Gasteiger partial charge is 0.242 e. The highest BCUT2D eigenvalue weighted by Gasteiger charge is 2.15. The summed E-state index contributed by atoms with van der Waals surface area (Å²) in [5.41, 5.74) is 1.18. The van der Waals surface area contributed by atoms with Gasteiger partial charge in [0.05, 0.1) is 0 Å². The molecule has 2 aromatic heterocycles. The average molecular weight is 325 g/mol. The monoisotopic (exact) mass is 325 g/mol. The van der Waals surface area contributed by atoms with E-state index in [2.05, 4.69) is 21.9 Å². The minimum atomic E-state index is -3.53. The summed E-state index contributed by atoms with van der Waals surface area (Å²) in [6.07, 6.45) is 2.27. The lowest BCUT2D eigenvalue weighted by molar-refractivity contribution is 0.581. The van der Waals surface area contributed by atoms with Gasteiger partial charge in [-0.3, -0.25) is 0 Å². The van der Waals surface area contributed by atoms with E-state index in [9.17, 15) is 8.42 Å². The van der Waals surface area contributed by atoms with E-state index < -0.39 is 10.0 Å². The highest BCUT2D eigenvalue weighted by Crippen LogP contribution is 2.18. The average Bonchev–Trinajstić information content (AvgIpc) is 2.94. The molecule has 0 spiro atoms. The molecule has 0 fully saturated rings. The topological polar surface area (TPSA) is 71.1 Å². The Hall–Kier alpha value is -1.44. The molecule has 5 nitrogen and oxygen atoms in total. The van der Waals surface area contributed by atoms with E-state index in [1.807, 2.05) is 18.4 Å². The van der Waals surface area contributed by atoms with Crippen molar-refractivity contribution in [2.24, 2.45) is 0 Å². The lowest BCUT2D eigenvalue weighted by Crippen LogP contribution is -2.23. The van der Waals surface area contributed by atoms with Crippen LogP contribution in [0.5, 0.6) is 0 Å². The van der Waals surface area contributed by atoms with Crippen LogP contribution in [0.2, 0.25) is 0 Å². The Morgan fingerprint density at radius 1 is 1.24 bits per heavy atom. The number of pyridine rings is 1. The summed E-state index contributed by atoms with van der Waals surface area (Å²) in [5.74, 6) is 0.669. The van der Waals surface area contributed by atoms with Crippen LogP contribution in [-0.2, 0) is 23.0 Å². The van der Waals surface area contributed by atoms with Gasteiger partial charge in [-0.1, -0.05) is 6.92 Å². The first-order chi connectivity index (χ1) is 10.1. The Bertz CT molecular complexity index is 678. The lowest BCUT2D eigenvalue weighted by atomic mass is 10.2. The fourth-order valence-corrected chi connectivity index (χ4v) is 3.85. The number of nitrogens with one attached hydrogen (secondary N) is 2. The van der Waals surface area contributed by atoms with Gasteiger partial charge in [-0.05, 0) is 42.5 Å². The van der Waals surface area contributed by atoms with Crippen molar-refractivity contribution in [3.05, 3.63) is 40.2 Å². The van der Waals surface area contributed by atoms with Crippen LogP contribution in [-0.4, -0.2) is 19.9 Å². The summed E-state index contributed by atoms with van der Waals surface area (Å²) in [6.45, 7) is 5.08. The number of hydrogen-bond donors (Lipinski definition) is 2. The van der Waals surface area contributed by atoms with Crippen molar-refractivity contribution in [3.8, 4) is 0 Å². The molecule has 0 unspecified atom stereocenters. The number of hydrogen-bond acceptors (Lipinski definition) is 5. The minimum Gasteiger partial charge on any atom is -0.370 e. The number of anilines is 1. The zero-order chi connectivity index (χ0) is 15.3. The number of sulfonamides is 1. The van der Waals surface area contributed by atoms with Gasteiger partial charge >= 0.3 is 0 Å². The Morgan fingerprint density at radius 2 is 2.05 bits per heavy atom. The van der Waals surface area contributed by atoms with Gasteiger partial charge in [0.1, 0.15) is 10.7 Å². The molecule has 2 heterocycles. The van der Waals surface area contributed by atoms with Crippen molar-refractivity contribution >= 4 is 27.2 Å². The number of aromatic nitrogens is 1. The minimum absolute atomic E-state index is 0.179. The number of rotatable bonds is 7. The van der Waals surface area contributed by atoms with E-state index in [0.717, 1.165) is 17.8 Å². The Morgan fingerprint density at radius 3 is 2.67 bits per heavy atom. The van der Waals surface area contributed by atoms with Crippen molar-refractivity contribution in [2.75, 3.05) is 11.9 Å². The molecule has 2 aromatic rings. The van der Waals surface area contributed by atoms with E-state index in [1.54, 1.807) is 23.5 Å². The van der Waals surface area contributed by atoms with Gasteiger partial charge in [-0.25, -0.2) is 18.1 Å². The summed E-state index contributed by atoms with van der Waals surface area (Å²) in [4.78, 5) is 5.32. The number of nitrogens with zero attached hydrogens (tertiary/aromatic N) is 1. The highest BCUT2D eigenvalue weighted by molar-refractivity contribution is 7.89. The first-order valence-electron chi connectivity index (χ1n) is 6.81. The second kappa shape index (κ2) is 7.02. The maximum atomic E-state index is 12.2. The maximum Gasteiger partial charge on any atom is 0.242 e. The van der Waals surface area contributed by atoms with E-state index in [0.29, 0.717) is 12.4 Å². The van der Waals surface area contributed by atoms with Gasteiger partial charge in [0, 0.05) is 24.2 Å². The molecular weight excluding hydrogens is 306 g/mol. The molecule has 0 aliphatic rings. The van der Waals surface area contributed by atoms with Crippen LogP contribution >= 0.6 is 11.3 Å². The molecule has 0 aromatic carbocycles. The predicted octanol–water partition coefficient (Wildman–Crippen LogP) is 2.62. The Labute approximate surface area is 129 Å². The second-order valence-electron chi connectivity index (χ2n) is 4.46. The van der Waals surface area contributed by atoms with Crippen molar-refractivity contribution in [2.45, 2.75) is 31.7 Å². The first-order valence-corrected chi connectivity index (χ1v) is 9.18. The predicted molar refractivity (Wildman–Crippen MR) is 86.1 cm³/mol. The maximum absolute atomic E-state index is 12.2. The van der Waals surface area contributed by atoms with Crippen LogP contribution in [0.15, 0.2) is 34.7 Å². The van der Waals surface area contributed by atoms with Crippen LogP contribution in [0, 0.1) is 0 Å². The molecule has 2 rings (SSSR count). The molecule has 0 saturated carbocycles. The van der Waals surface area contributed by atoms with Gasteiger partial charge in [0.25, 0.3) is 0 Å². The largest absolute Gasteiger partial charge is 0.370 e. The highest BCUT2D eigenvalue weighted by atomic mass is 32.2. The third-order valence-corrected chi connectivity index (χ3v) is 5.40. The normalized spacial score (nSPS) is 11.5. The van der Waals surface area contributed by atoms with Crippen LogP contribution in [0.4, 0.5) is 5.82 Å². The molecule has 21 heavy (non-hydrogen) atoms. The lowest BCUT2D eigenvalue weighted by Gasteiger charge is -2.08. The molecule has 0 radical (unpaired) electrons. The first kappa shape index (κ1) is 15.9. The van der Waals surface area contributed by atoms with Gasteiger partial charge < -0.3 is 5.32 Å². The molecule has 2 N–H and O–H groups in total.